The van der Waals surface area contributed by atoms with Gasteiger partial charge in [-0.3, -0.25) is 10.1 Å². The molecule has 0 aliphatic carbocycles. The average Bonchev–Trinajstić information content (AvgIpc) is 2.82. The molecule has 20 heavy (non-hydrogen) atoms. The second-order valence-corrected chi connectivity index (χ2v) is 5.42. The number of furan rings is 1. The van der Waals surface area contributed by atoms with Crippen molar-refractivity contribution in [1.82, 2.24) is 0 Å². The van der Waals surface area contributed by atoms with Crippen LogP contribution in [0.1, 0.15) is 10.6 Å². The Kier molecular flexibility index (Phi) is 4.09. The highest BCUT2D eigenvalue weighted by molar-refractivity contribution is 9.10. The molecule has 0 unspecified atom stereocenters. The molecule has 1 aromatic heterocycles. The van der Waals surface area contributed by atoms with Crippen LogP contribution in [0.5, 0.6) is 0 Å². The Bertz CT molecular complexity index is 702. The number of hydrogen-bond acceptors (Lipinski definition) is 5. The van der Waals surface area contributed by atoms with Crippen molar-refractivity contribution in [2.75, 3.05) is 0 Å². The zero-order valence-electron chi connectivity index (χ0n) is 9.50. The van der Waals surface area contributed by atoms with Crippen LogP contribution in [0.25, 0.3) is 0 Å². The van der Waals surface area contributed by atoms with Crippen molar-refractivity contribution in [2.45, 2.75) is 9.99 Å². The van der Waals surface area contributed by atoms with Gasteiger partial charge < -0.3 is 9.52 Å². The fourth-order valence-corrected chi connectivity index (χ4v) is 2.56. The summed E-state index contributed by atoms with van der Waals surface area (Å²) in [5.74, 6) is -2.22. The van der Waals surface area contributed by atoms with Crippen LogP contribution >= 0.6 is 27.7 Å². The zero-order valence-corrected chi connectivity index (χ0v) is 11.9. The molecule has 0 amide bonds. The lowest BCUT2D eigenvalue weighted by molar-refractivity contribution is -0.387. The highest BCUT2D eigenvalue weighted by Gasteiger charge is 2.20. The summed E-state index contributed by atoms with van der Waals surface area (Å²) in [5, 5.41) is 19.7. The molecule has 1 heterocycles. The number of carbonyl (C=O) groups is 1. The number of benzene rings is 1. The first-order valence-electron chi connectivity index (χ1n) is 5.03. The van der Waals surface area contributed by atoms with E-state index in [1.54, 1.807) is 0 Å². The van der Waals surface area contributed by atoms with Gasteiger partial charge in [0.2, 0.25) is 5.76 Å². The van der Waals surface area contributed by atoms with E-state index in [0.717, 1.165) is 23.9 Å². The van der Waals surface area contributed by atoms with E-state index in [0.29, 0.717) is 0 Å². The molecule has 0 fully saturated rings. The molecule has 6 nitrogen and oxygen atoms in total. The molecule has 0 aliphatic rings. The smallest absolute Gasteiger partial charge is 0.371 e. The first-order valence-corrected chi connectivity index (χ1v) is 6.64. The number of nitro groups is 1. The standard InChI is InChI=1S/C11H5BrFNO5S/c12-5-3-7(14(17)18)9(4-6(5)13)20-10-2-1-8(19-10)11(15)16/h1-4H,(H,15,16). The summed E-state index contributed by atoms with van der Waals surface area (Å²) >= 11 is 3.64. The van der Waals surface area contributed by atoms with E-state index in [1.807, 2.05) is 0 Å². The lowest BCUT2D eigenvalue weighted by Gasteiger charge is -2.02. The third-order valence-corrected chi connectivity index (χ3v) is 3.78. The summed E-state index contributed by atoms with van der Waals surface area (Å²) in [7, 11) is 0. The maximum absolute atomic E-state index is 13.5. The minimum Gasteiger partial charge on any atom is -0.475 e. The molecule has 0 saturated carbocycles. The number of hydrogen-bond donors (Lipinski definition) is 1. The van der Waals surface area contributed by atoms with Gasteiger partial charge in [0, 0.05) is 6.07 Å². The number of nitro benzene ring substituents is 1. The van der Waals surface area contributed by atoms with Gasteiger partial charge >= 0.3 is 5.97 Å². The predicted molar refractivity (Wildman–Crippen MR) is 70.5 cm³/mol. The Labute approximate surface area is 123 Å². The van der Waals surface area contributed by atoms with Gasteiger partial charge in [-0.15, -0.1) is 0 Å². The van der Waals surface area contributed by atoms with Gasteiger partial charge in [0.15, 0.2) is 5.09 Å². The second kappa shape index (κ2) is 5.63. The molecule has 0 saturated heterocycles. The van der Waals surface area contributed by atoms with Crippen LogP contribution in [-0.4, -0.2) is 16.0 Å². The molecule has 2 aromatic rings. The molecule has 104 valence electrons. The molecule has 0 spiro atoms. The van der Waals surface area contributed by atoms with Crippen LogP contribution in [0.3, 0.4) is 0 Å². The van der Waals surface area contributed by atoms with Crippen molar-refractivity contribution in [2.24, 2.45) is 0 Å². The topological polar surface area (TPSA) is 93.6 Å². The summed E-state index contributed by atoms with van der Waals surface area (Å²) in [6, 6.07) is 4.58. The maximum atomic E-state index is 13.5. The maximum Gasteiger partial charge on any atom is 0.371 e. The van der Waals surface area contributed by atoms with Gasteiger partial charge in [-0.2, -0.15) is 0 Å². The third-order valence-electron chi connectivity index (χ3n) is 2.20. The molecule has 1 aromatic carbocycles. The Morgan fingerprint density at radius 3 is 2.70 bits per heavy atom. The van der Waals surface area contributed by atoms with Crippen molar-refractivity contribution < 1.29 is 23.6 Å². The lowest BCUT2D eigenvalue weighted by Crippen LogP contribution is -1.93. The van der Waals surface area contributed by atoms with Crippen LogP contribution in [0.4, 0.5) is 10.1 Å². The fraction of sp³-hybridized carbons (Fsp3) is 0. The van der Waals surface area contributed by atoms with E-state index < -0.39 is 16.7 Å². The normalized spacial score (nSPS) is 10.5. The third kappa shape index (κ3) is 2.99. The number of nitrogens with zero attached hydrogens (tertiary/aromatic N) is 1. The largest absolute Gasteiger partial charge is 0.475 e. The Balaban J connectivity index is 2.39. The van der Waals surface area contributed by atoms with E-state index >= 15 is 0 Å². The van der Waals surface area contributed by atoms with Gasteiger partial charge in [-0.25, -0.2) is 9.18 Å². The average molecular weight is 362 g/mol. The summed E-state index contributed by atoms with van der Waals surface area (Å²) in [6.07, 6.45) is 0. The summed E-state index contributed by atoms with van der Waals surface area (Å²) in [5.41, 5.74) is -0.309. The lowest BCUT2D eigenvalue weighted by atomic mass is 10.3. The van der Waals surface area contributed by atoms with Gasteiger partial charge in [-0.1, -0.05) is 0 Å². The van der Waals surface area contributed by atoms with Crippen molar-refractivity contribution in [3.05, 3.63) is 50.4 Å². The van der Waals surface area contributed by atoms with E-state index in [4.69, 9.17) is 9.52 Å². The highest BCUT2D eigenvalue weighted by atomic mass is 79.9. The van der Waals surface area contributed by atoms with Crippen LogP contribution in [0.15, 0.2) is 43.1 Å². The number of halogens is 2. The van der Waals surface area contributed by atoms with Crippen LogP contribution in [0, 0.1) is 15.9 Å². The molecule has 0 radical (unpaired) electrons. The number of carboxylic acid groups (broad SMARTS) is 1. The molecule has 1 N–H and O–H groups in total. The molecule has 0 bridgehead atoms. The van der Waals surface area contributed by atoms with E-state index in [1.165, 1.54) is 12.1 Å². The second-order valence-electron chi connectivity index (χ2n) is 3.52. The van der Waals surface area contributed by atoms with Crippen molar-refractivity contribution in [1.29, 1.82) is 0 Å². The van der Waals surface area contributed by atoms with Crippen molar-refractivity contribution in [3.8, 4) is 0 Å². The van der Waals surface area contributed by atoms with E-state index in [2.05, 4.69) is 15.9 Å². The van der Waals surface area contributed by atoms with Crippen molar-refractivity contribution >= 4 is 39.3 Å². The monoisotopic (exact) mass is 361 g/mol. The molecular weight excluding hydrogens is 357 g/mol. The van der Waals surface area contributed by atoms with Crippen LogP contribution in [-0.2, 0) is 0 Å². The molecule has 0 atom stereocenters. The first-order chi connectivity index (χ1) is 9.38. The highest BCUT2D eigenvalue weighted by Crippen LogP contribution is 2.38. The predicted octanol–water partition coefficient (Wildman–Crippen LogP) is 3.94. The molecule has 0 aliphatic heterocycles. The summed E-state index contributed by atoms with van der Waals surface area (Å²) in [4.78, 5) is 20.9. The molecule has 9 heteroatoms. The minimum absolute atomic E-state index is 0.0157. The van der Waals surface area contributed by atoms with Crippen LogP contribution in [0.2, 0.25) is 0 Å². The zero-order chi connectivity index (χ0) is 14.9. The summed E-state index contributed by atoms with van der Waals surface area (Å²) in [6.45, 7) is 0. The first kappa shape index (κ1) is 14.5. The van der Waals surface area contributed by atoms with E-state index in [9.17, 15) is 19.3 Å². The minimum atomic E-state index is -1.26. The quantitative estimate of drug-likeness (QED) is 0.654. The molecule has 2 rings (SSSR count). The number of aromatic carboxylic acids is 1. The van der Waals surface area contributed by atoms with Gasteiger partial charge in [0.25, 0.3) is 5.69 Å². The Hall–Kier alpha value is -1.87. The Morgan fingerprint density at radius 1 is 1.45 bits per heavy atom. The Morgan fingerprint density at radius 2 is 2.15 bits per heavy atom. The van der Waals surface area contributed by atoms with E-state index in [-0.39, 0.29) is 25.9 Å². The van der Waals surface area contributed by atoms with Gasteiger partial charge in [0.05, 0.1) is 14.3 Å². The number of carboxylic acids is 1. The number of rotatable bonds is 4. The van der Waals surface area contributed by atoms with Gasteiger partial charge in [0.1, 0.15) is 5.82 Å². The fourth-order valence-electron chi connectivity index (χ4n) is 1.34. The van der Waals surface area contributed by atoms with Gasteiger partial charge in [-0.05, 0) is 45.9 Å². The van der Waals surface area contributed by atoms with Crippen molar-refractivity contribution in [3.63, 3.8) is 0 Å². The SMILES string of the molecule is O=C(O)c1ccc(Sc2cc(F)c(Br)cc2[N+](=O)[O-])o1. The van der Waals surface area contributed by atoms with Crippen LogP contribution < -0.4 is 0 Å². The molecular formula is C11H5BrFNO5S. The summed E-state index contributed by atoms with van der Waals surface area (Å²) < 4.78 is 18.4.